The molecule has 1 aromatic carbocycles. The fourth-order valence-electron chi connectivity index (χ4n) is 1.52. The van der Waals surface area contributed by atoms with E-state index in [4.69, 9.17) is 23.2 Å². The molecule has 1 aliphatic rings. The Morgan fingerprint density at radius 3 is 2.55 bits per heavy atom. The van der Waals surface area contributed by atoms with Crippen molar-refractivity contribution in [1.29, 1.82) is 0 Å². The minimum Gasteiger partial charge on any atom is -0.322 e. The van der Waals surface area contributed by atoms with E-state index in [0.29, 0.717) is 27.1 Å². The van der Waals surface area contributed by atoms with Crippen molar-refractivity contribution in [2.45, 2.75) is 26.3 Å². The van der Waals surface area contributed by atoms with Gasteiger partial charge in [-0.25, -0.2) is 0 Å². The summed E-state index contributed by atoms with van der Waals surface area (Å²) in [6.45, 7) is 6.13. The zero-order chi connectivity index (χ0) is 14.9. The Balaban J connectivity index is 2.17. The number of hydrogen-bond donors (Lipinski definition) is 2. The molecule has 5 nitrogen and oxygen atoms in total. The van der Waals surface area contributed by atoms with E-state index >= 15 is 0 Å². The molecule has 0 saturated heterocycles. The number of anilines is 1. The standard InChI is InChI=1S/C12H14Cl2N4OS/c1-12(2,3)15-5-8(19)16-9-6(13)4-7(14)10-11(9)18-20-17-10/h4,15H,5H2,1-3H3,(H,16,19). The van der Waals surface area contributed by atoms with Gasteiger partial charge in [-0.3, -0.25) is 4.79 Å². The fraction of sp³-hybridized carbons (Fsp3) is 0.417. The van der Waals surface area contributed by atoms with Gasteiger partial charge in [-0.2, -0.15) is 8.73 Å². The van der Waals surface area contributed by atoms with Crippen LogP contribution >= 0.6 is 23.2 Å². The number of hydrogen-bond acceptors (Lipinski definition) is 4. The normalized spacial score (nSPS) is 13.1. The molecule has 0 radical (unpaired) electrons. The van der Waals surface area contributed by atoms with Crippen LogP contribution in [0.25, 0.3) is 0 Å². The number of nitrogens with one attached hydrogen (secondary N) is 2. The topological polar surface area (TPSA) is 65.8 Å². The molecule has 0 unspecified atom stereocenters. The number of nitrogens with zero attached hydrogens (tertiary/aromatic N) is 2. The first kappa shape index (κ1) is 15.4. The van der Waals surface area contributed by atoms with Gasteiger partial charge in [0.25, 0.3) is 0 Å². The van der Waals surface area contributed by atoms with Crippen molar-refractivity contribution in [1.82, 2.24) is 5.32 Å². The Kier molecular flexibility index (Phi) is 4.49. The van der Waals surface area contributed by atoms with Crippen LogP contribution in [0.3, 0.4) is 0 Å². The van der Waals surface area contributed by atoms with Gasteiger partial charge in [-0.1, -0.05) is 23.2 Å². The molecule has 2 rings (SSSR count). The highest BCUT2D eigenvalue weighted by Gasteiger charge is 2.20. The van der Waals surface area contributed by atoms with Gasteiger partial charge in [0.2, 0.25) is 5.91 Å². The summed E-state index contributed by atoms with van der Waals surface area (Å²) in [5.74, 6) is -0.196. The summed E-state index contributed by atoms with van der Waals surface area (Å²) < 4.78 is 8.21. The van der Waals surface area contributed by atoms with Crippen LogP contribution in [0.4, 0.5) is 17.1 Å². The van der Waals surface area contributed by atoms with E-state index < -0.39 is 0 Å². The molecule has 0 aromatic heterocycles. The average molecular weight is 333 g/mol. The Bertz CT molecular complexity index is 633. The third-order valence-electron chi connectivity index (χ3n) is 2.49. The van der Waals surface area contributed by atoms with Crippen molar-refractivity contribution in [3.8, 4) is 0 Å². The molecule has 1 aromatic rings. The van der Waals surface area contributed by atoms with Crippen molar-refractivity contribution < 1.29 is 4.79 Å². The molecule has 0 bridgehead atoms. The van der Waals surface area contributed by atoms with Gasteiger partial charge in [0.1, 0.15) is 11.4 Å². The fourth-order valence-corrected chi connectivity index (χ4v) is 2.68. The second-order valence-electron chi connectivity index (χ2n) is 5.33. The Morgan fingerprint density at radius 2 is 1.90 bits per heavy atom. The van der Waals surface area contributed by atoms with Gasteiger partial charge in [-0.15, -0.1) is 0 Å². The van der Waals surface area contributed by atoms with E-state index in [1.807, 2.05) is 20.8 Å². The van der Waals surface area contributed by atoms with Crippen LogP contribution in [0.2, 0.25) is 10.0 Å². The monoisotopic (exact) mass is 332 g/mol. The summed E-state index contributed by atoms with van der Waals surface area (Å²) in [5, 5.41) is 6.62. The molecule has 0 saturated carbocycles. The first-order valence-electron chi connectivity index (χ1n) is 5.93. The van der Waals surface area contributed by atoms with E-state index in [1.165, 1.54) is 0 Å². The molecule has 8 heteroatoms. The van der Waals surface area contributed by atoms with E-state index in [1.54, 1.807) is 6.07 Å². The maximum absolute atomic E-state index is 12.0. The van der Waals surface area contributed by atoms with E-state index in [9.17, 15) is 4.79 Å². The first-order chi connectivity index (χ1) is 9.28. The van der Waals surface area contributed by atoms with Gasteiger partial charge >= 0.3 is 0 Å². The first-order valence-corrected chi connectivity index (χ1v) is 7.42. The predicted octanol–water partition coefficient (Wildman–Crippen LogP) is 4.05. The van der Waals surface area contributed by atoms with Gasteiger partial charge in [-0.05, 0) is 26.8 Å². The third-order valence-corrected chi connectivity index (χ3v) is 3.60. The summed E-state index contributed by atoms with van der Waals surface area (Å²) in [6.07, 6.45) is 0. The zero-order valence-corrected chi connectivity index (χ0v) is 13.6. The zero-order valence-electron chi connectivity index (χ0n) is 11.3. The molecular weight excluding hydrogens is 319 g/mol. The summed E-state index contributed by atoms with van der Waals surface area (Å²) in [7, 11) is 0. The van der Waals surface area contributed by atoms with Crippen LogP contribution in [-0.2, 0) is 16.1 Å². The SMILES string of the molecule is CC(C)(C)NCC(=O)Nc1c(Cl)cc(Cl)c2c1N=S=N2. The van der Waals surface area contributed by atoms with Crippen molar-refractivity contribution in [3.63, 3.8) is 0 Å². The molecule has 0 aliphatic carbocycles. The minimum atomic E-state index is -0.196. The molecule has 20 heavy (non-hydrogen) atoms. The molecule has 0 fully saturated rings. The minimum absolute atomic E-state index is 0.140. The predicted molar refractivity (Wildman–Crippen MR) is 84.4 cm³/mol. The largest absolute Gasteiger partial charge is 0.322 e. The van der Waals surface area contributed by atoms with E-state index in [-0.39, 0.29) is 18.0 Å². The maximum atomic E-state index is 12.0. The number of amides is 1. The quantitative estimate of drug-likeness (QED) is 0.890. The smallest absolute Gasteiger partial charge is 0.238 e. The lowest BCUT2D eigenvalue weighted by Crippen LogP contribution is -2.41. The molecular formula is C12H14Cl2N4OS. The summed E-state index contributed by atoms with van der Waals surface area (Å²) in [5.41, 5.74) is 1.36. The molecule has 2 N–H and O–H groups in total. The Labute approximate surface area is 130 Å². The van der Waals surface area contributed by atoms with Crippen molar-refractivity contribution in [2.75, 3.05) is 11.9 Å². The van der Waals surface area contributed by atoms with E-state index in [2.05, 4.69) is 19.4 Å². The maximum Gasteiger partial charge on any atom is 0.238 e. The number of benzene rings is 1. The number of carbonyl (C=O) groups is 1. The second kappa shape index (κ2) is 5.81. The second-order valence-corrected chi connectivity index (χ2v) is 6.67. The van der Waals surface area contributed by atoms with E-state index in [0.717, 1.165) is 11.4 Å². The molecule has 1 heterocycles. The molecule has 0 atom stereocenters. The summed E-state index contributed by atoms with van der Waals surface area (Å²) >= 11 is 13.2. The molecule has 108 valence electrons. The van der Waals surface area contributed by atoms with Crippen LogP contribution in [0.5, 0.6) is 0 Å². The molecule has 0 spiro atoms. The lowest BCUT2D eigenvalue weighted by molar-refractivity contribution is -0.115. The van der Waals surface area contributed by atoms with Crippen LogP contribution in [-0.4, -0.2) is 18.0 Å². The Hall–Kier alpha value is -0.950. The third kappa shape index (κ3) is 3.58. The van der Waals surface area contributed by atoms with Crippen LogP contribution in [0, 0.1) is 0 Å². The highest BCUT2D eigenvalue weighted by molar-refractivity contribution is 7.58. The molecule has 1 amide bonds. The summed E-state index contributed by atoms with van der Waals surface area (Å²) in [6, 6.07) is 1.56. The Morgan fingerprint density at radius 1 is 1.25 bits per heavy atom. The number of halogens is 2. The number of carbonyl (C=O) groups excluding carboxylic acids is 1. The van der Waals surface area contributed by atoms with Crippen molar-refractivity contribution in [2.24, 2.45) is 8.73 Å². The van der Waals surface area contributed by atoms with Gasteiger partial charge in [0.15, 0.2) is 0 Å². The van der Waals surface area contributed by atoms with Gasteiger partial charge in [0, 0.05) is 5.54 Å². The lowest BCUT2D eigenvalue weighted by atomic mass is 10.1. The number of fused-ring (bicyclic) bond motifs is 1. The lowest BCUT2D eigenvalue weighted by Gasteiger charge is -2.20. The highest BCUT2D eigenvalue weighted by Crippen LogP contribution is 2.47. The van der Waals surface area contributed by atoms with Gasteiger partial charge < -0.3 is 10.6 Å². The highest BCUT2D eigenvalue weighted by atomic mass is 35.5. The van der Waals surface area contributed by atoms with Gasteiger partial charge in [0.05, 0.1) is 33.6 Å². The van der Waals surface area contributed by atoms with Crippen LogP contribution in [0.15, 0.2) is 14.8 Å². The van der Waals surface area contributed by atoms with Crippen molar-refractivity contribution >= 4 is 57.5 Å². The van der Waals surface area contributed by atoms with Crippen LogP contribution in [0.1, 0.15) is 20.8 Å². The van der Waals surface area contributed by atoms with Crippen LogP contribution < -0.4 is 10.6 Å². The number of rotatable bonds is 3. The average Bonchev–Trinajstić information content (AvgIpc) is 2.80. The summed E-state index contributed by atoms with van der Waals surface area (Å²) in [4.78, 5) is 12.0. The molecule has 1 aliphatic heterocycles. The van der Waals surface area contributed by atoms with Crippen molar-refractivity contribution in [3.05, 3.63) is 16.1 Å².